The zero-order valence-electron chi connectivity index (χ0n) is 20.7. The Bertz CT molecular complexity index is 1040. The Labute approximate surface area is 202 Å². The van der Waals surface area contributed by atoms with E-state index in [0.29, 0.717) is 41.7 Å². The van der Waals surface area contributed by atoms with Crippen molar-refractivity contribution in [3.05, 3.63) is 65.2 Å². The fraction of sp³-hybridized carbons (Fsp3) is 0.429. The number of benzene rings is 2. The zero-order chi connectivity index (χ0) is 24.8. The fourth-order valence-electron chi connectivity index (χ4n) is 3.96. The van der Waals surface area contributed by atoms with E-state index < -0.39 is 17.7 Å². The van der Waals surface area contributed by atoms with Gasteiger partial charge < -0.3 is 19.5 Å². The summed E-state index contributed by atoms with van der Waals surface area (Å²) in [5.41, 5.74) is 1.22. The highest BCUT2D eigenvalue weighted by atomic mass is 16.5. The second kappa shape index (κ2) is 11.2. The molecule has 1 heterocycles. The van der Waals surface area contributed by atoms with Gasteiger partial charge in [-0.1, -0.05) is 45.4 Å². The number of aliphatic hydroxyl groups excluding tert-OH is 1. The SMILES string of the molecule is CCCCN1C(=O)C(=O)/C(=C(\O)c2ccc(OCC(C)C)cc2)C1c1ccccc1OC(C)C. The van der Waals surface area contributed by atoms with Crippen LogP contribution in [-0.4, -0.2) is 41.0 Å². The van der Waals surface area contributed by atoms with Crippen molar-refractivity contribution < 1.29 is 24.2 Å². The molecule has 1 atom stereocenters. The minimum Gasteiger partial charge on any atom is -0.507 e. The second-order valence-corrected chi connectivity index (χ2v) is 9.28. The molecule has 0 aliphatic carbocycles. The molecule has 0 spiro atoms. The van der Waals surface area contributed by atoms with Crippen LogP contribution in [0.2, 0.25) is 0 Å². The lowest BCUT2D eigenvalue weighted by Crippen LogP contribution is -2.31. The molecule has 3 rings (SSSR count). The van der Waals surface area contributed by atoms with Crippen molar-refractivity contribution in [2.75, 3.05) is 13.2 Å². The fourth-order valence-corrected chi connectivity index (χ4v) is 3.96. The Hall–Kier alpha value is -3.28. The van der Waals surface area contributed by atoms with Crippen LogP contribution in [0, 0.1) is 5.92 Å². The minimum atomic E-state index is -0.724. The molecule has 1 aliphatic rings. The van der Waals surface area contributed by atoms with Gasteiger partial charge in [0.15, 0.2) is 0 Å². The number of unbranched alkanes of at least 4 members (excludes halogenated alkanes) is 1. The molecular weight excluding hydrogens is 430 g/mol. The van der Waals surface area contributed by atoms with Crippen LogP contribution in [0.1, 0.15) is 64.6 Å². The Morgan fingerprint density at radius 2 is 1.71 bits per heavy atom. The van der Waals surface area contributed by atoms with Crippen molar-refractivity contribution in [1.29, 1.82) is 0 Å². The normalized spacial score (nSPS) is 17.6. The van der Waals surface area contributed by atoms with Gasteiger partial charge in [-0.2, -0.15) is 0 Å². The molecule has 6 nitrogen and oxygen atoms in total. The lowest BCUT2D eigenvalue weighted by atomic mass is 9.94. The Morgan fingerprint density at radius 3 is 2.32 bits per heavy atom. The van der Waals surface area contributed by atoms with Crippen LogP contribution < -0.4 is 9.47 Å². The molecule has 1 unspecified atom stereocenters. The van der Waals surface area contributed by atoms with E-state index in [1.165, 1.54) is 0 Å². The first-order valence-corrected chi connectivity index (χ1v) is 12.0. The largest absolute Gasteiger partial charge is 0.507 e. The Balaban J connectivity index is 2.09. The summed E-state index contributed by atoms with van der Waals surface area (Å²) in [5.74, 6) is 0.182. The molecule has 2 aromatic rings. The summed E-state index contributed by atoms with van der Waals surface area (Å²) >= 11 is 0. The van der Waals surface area contributed by atoms with E-state index in [1.807, 2.05) is 45.0 Å². The first-order valence-electron chi connectivity index (χ1n) is 12.0. The molecule has 0 saturated carbocycles. The van der Waals surface area contributed by atoms with Gasteiger partial charge in [0.25, 0.3) is 11.7 Å². The molecule has 0 bridgehead atoms. The molecule has 34 heavy (non-hydrogen) atoms. The highest BCUT2D eigenvalue weighted by molar-refractivity contribution is 6.46. The van der Waals surface area contributed by atoms with Crippen LogP contribution >= 0.6 is 0 Å². The number of amides is 1. The average Bonchev–Trinajstić information content (AvgIpc) is 3.06. The topological polar surface area (TPSA) is 76.1 Å². The minimum absolute atomic E-state index is 0.0803. The van der Waals surface area contributed by atoms with Crippen molar-refractivity contribution in [3.8, 4) is 11.5 Å². The summed E-state index contributed by atoms with van der Waals surface area (Å²) in [5, 5.41) is 11.3. The molecule has 2 aromatic carbocycles. The van der Waals surface area contributed by atoms with Gasteiger partial charge in [-0.25, -0.2) is 0 Å². The average molecular weight is 466 g/mol. The highest BCUT2D eigenvalue weighted by Gasteiger charge is 2.46. The number of likely N-dealkylation sites (tertiary alicyclic amines) is 1. The number of hydrogen-bond donors (Lipinski definition) is 1. The van der Waals surface area contributed by atoms with Gasteiger partial charge in [0.2, 0.25) is 0 Å². The van der Waals surface area contributed by atoms with Crippen molar-refractivity contribution in [2.24, 2.45) is 5.92 Å². The van der Waals surface area contributed by atoms with E-state index in [2.05, 4.69) is 13.8 Å². The van der Waals surface area contributed by atoms with Gasteiger partial charge in [0, 0.05) is 17.7 Å². The van der Waals surface area contributed by atoms with Crippen LogP contribution in [0.25, 0.3) is 5.76 Å². The van der Waals surface area contributed by atoms with Crippen LogP contribution in [-0.2, 0) is 9.59 Å². The zero-order valence-corrected chi connectivity index (χ0v) is 20.7. The molecule has 0 aromatic heterocycles. The molecule has 0 radical (unpaired) electrons. The van der Waals surface area contributed by atoms with E-state index in [0.717, 1.165) is 12.8 Å². The number of ketones is 1. The standard InChI is InChI=1S/C28H35NO5/c1-6-7-16-29-25(22-10-8-9-11-23(22)34-19(4)5)24(27(31)28(29)32)26(30)20-12-14-21(15-13-20)33-17-18(2)3/h8-15,18-19,25,30H,6-7,16-17H2,1-5H3/b26-24-. The molecule has 1 saturated heterocycles. The summed E-state index contributed by atoms with van der Waals surface area (Å²) in [6, 6.07) is 13.6. The third kappa shape index (κ3) is 5.61. The summed E-state index contributed by atoms with van der Waals surface area (Å²) < 4.78 is 11.7. The smallest absolute Gasteiger partial charge is 0.295 e. The molecule has 182 valence electrons. The summed E-state index contributed by atoms with van der Waals surface area (Å²) in [6.45, 7) is 11.0. The van der Waals surface area contributed by atoms with Gasteiger partial charge in [-0.3, -0.25) is 9.59 Å². The molecule has 6 heteroatoms. The molecule has 1 N–H and O–H groups in total. The van der Waals surface area contributed by atoms with Gasteiger partial charge in [0.05, 0.1) is 24.3 Å². The monoisotopic (exact) mass is 465 g/mol. The first-order chi connectivity index (χ1) is 16.2. The lowest BCUT2D eigenvalue weighted by Gasteiger charge is -2.27. The number of carbonyl (C=O) groups excluding carboxylic acids is 2. The number of para-hydroxylation sites is 1. The predicted molar refractivity (Wildman–Crippen MR) is 133 cm³/mol. The summed E-state index contributed by atoms with van der Waals surface area (Å²) in [4.78, 5) is 27.8. The number of hydrogen-bond acceptors (Lipinski definition) is 5. The summed E-state index contributed by atoms with van der Waals surface area (Å²) in [6.07, 6.45) is 1.54. The van der Waals surface area contributed by atoms with E-state index in [1.54, 1.807) is 29.2 Å². The van der Waals surface area contributed by atoms with E-state index in [9.17, 15) is 14.7 Å². The van der Waals surface area contributed by atoms with Crippen molar-refractivity contribution in [3.63, 3.8) is 0 Å². The number of rotatable bonds is 10. The van der Waals surface area contributed by atoms with Crippen LogP contribution in [0.15, 0.2) is 54.1 Å². The molecular formula is C28H35NO5. The van der Waals surface area contributed by atoms with Gasteiger partial charge >= 0.3 is 0 Å². The maximum atomic E-state index is 13.2. The number of Topliss-reactive ketones (excluding diaryl/α,β-unsaturated/α-hetero) is 1. The highest BCUT2D eigenvalue weighted by Crippen LogP contribution is 2.43. The lowest BCUT2D eigenvalue weighted by molar-refractivity contribution is -0.139. The van der Waals surface area contributed by atoms with Crippen molar-refractivity contribution in [1.82, 2.24) is 4.90 Å². The maximum absolute atomic E-state index is 13.2. The predicted octanol–water partition coefficient (Wildman–Crippen LogP) is 5.73. The van der Waals surface area contributed by atoms with Crippen LogP contribution in [0.3, 0.4) is 0 Å². The van der Waals surface area contributed by atoms with Crippen LogP contribution in [0.4, 0.5) is 0 Å². The van der Waals surface area contributed by atoms with Gasteiger partial charge in [-0.15, -0.1) is 0 Å². The van der Waals surface area contributed by atoms with Crippen LogP contribution in [0.5, 0.6) is 11.5 Å². The van der Waals surface area contributed by atoms with E-state index in [-0.39, 0.29) is 17.4 Å². The quantitative estimate of drug-likeness (QED) is 0.275. The van der Waals surface area contributed by atoms with Gasteiger partial charge in [-0.05, 0) is 56.5 Å². The summed E-state index contributed by atoms with van der Waals surface area (Å²) in [7, 11) is 0. The molecule has 1 amide bonds. The Morgan fingerprint density at radius 1 is 1.03 bits per heavy atom. The molecule has 1 fully saturated rings. The third-order valence-corrected chi connectivity index (χ3v) is 5.58. The van der Waals surface area contributed by atoms with E-state index in [4.69, 9.17) is 9.47 Å². The van der Waals surface area contributed by atoms with Crippen molar-refractivity contribution in [2.45, 2.75) is 59.6 Å². The third-order valence-electron chi connectivity index (χ3n) is 5.58. The maximum Gasteiger partial charge on any atom is 0.295 e. The number of ether oxygens (including phenoxy) is 2. The number of carbonyl (C=O) groups is 2. The number of aliphatic hydroxyl groups is 1. The van der Waals surface area contributed by atoms with Gasteiger partial charge in [0.1, 0.15) is 17.3 Å². The Kier molecular flexibility index (Phi) is 8.37. The molecule has 1 aliphatic heterocycles. The first kappa shape index (κ1) is 25.3. The van der Waals surface area contributed by atoms with Crippen molar-refractivity contribution >= 4 is 17.4 Å². The number of nitrogens with zero attached hydrogens (tertiary/aromatic N) is 1. The van der Waals surface area contributed by atoms with E-state index >= 15 is 0 Å². The second-order valence-electron chi connectivity index (χ2n) is 9.28.